The minimum atomic E-state index is -1.79. The molecule has 1 heterocycles. The van der Waals surface area contributed by atoms with Crippen LogP contribution in [0.25, 0.3) is 21.8 Å². The minimum absolute atomic E-state index is 0.0807. The molecule has 0 saturated heterocycles. The second kappa shape index (κ2) is 9.21. The summed E-state index contributed by atoms with van der Waals surface area (Å²) in [7, 11) is 0. The standard InChI is InChI=1S/C23H23N3O3S/c27-15-16-12-17(24-10-5-11-30(28)29)14-18(13-16)25-23-19-6-1-3-8-21(19)26-22-9-4-2-7-20(22)23/h1-4,6-9,12-14,24,27H,5,10-11,15H2,(H,25,26)(H,28,29). The van der Waals surface area contributed by atoms with Gasteiger partial charge in [0.2, 0.25) is 0 Å². The first-order valence-electron chi connectivity index (χ1n) is 9.75. The van der Waals surface area contributed by atoms with Crippen molar-refractivity contribution in [1.82, 2.24) is 4.98 Å². The summed E-state index contributed by atoms with van der Waals surface area (Å²) >= 11 is -1.79. The number of fused-ring (bicyclic) bond motifs is 2. The predicted molar refractivity (Wildman–Crippen MR) is 124 cm³/mol. The number of benzene rings is 3. The van der Waals surface area contributed by atoms with Crippen LogP contribution in [0.2, 0.25) is 0 Å². The molecule has 0 aliphatic rings. The minimum Gasteiger partial charge on any atom is -0.392 e. The number of para-hydroxylation sites is 2. The highest BCUT2D eigenvalue weighted by molar-refractivity contribution is 7.79. The lowest BCUT2D eigenvalue weighted by molar-refractivity contribution is 0.282. The number of aliphatic hydroxyl groups excluding tert-OH is 1. The van der Waals surface area contributed by atoms with E-state index in [4.69, 9.17) is 9.54 Å². The van der Waals surface area contributed by atoms with Gasteiger partial charge in [0, 0.05) is 28.7 Å². The summed E-state index contributed by atoms with van der Waals surface area (Å²) in [4.78, 5) is 4.76. The molecule has 4 aromatic rings. The second-order valence-corrected chi connectivity index (χ2v) is 8.08. The second-order valence-electron chi connectivity index (χ2n) is 7.03. The van der Waals surface area contributed by atoms with Gasteiger partial charge >= 0.3 is 0 Å². The monoisotopic (exact) mass is 421 g/mol. The largest absolute Gasteiger partial charge is 0.392 e. The Morgan fingerprint density at radius 3 is 2.17 bits per heavy atom. The van der Waals surface area contributed by atoms with Crippen LogP contribution in [0.3, 0.4) is 0 Å². The zero-order valence-electron chi connectivity index (χ0n) is 16.3. The summed E-state index contributed by atoms with van der Waals surface area (Å²) < 4.78 is 19.7. The van der Waals surface area contributed by atoms with Crippen LogP contribution in [0.4, 0.5) is 17.1 Å². The molecule has 0 aliphatic carbocycles. The summed E-state index contributed by atoms with van der Waals surface area (Å²) in [5.41, 5.74) is 5.25. The summed E-state index contributed by atoms with van der Waals surface area (Å²) in [5, 5.41) is 18.5. The van der Waals surface area contributed by atoms with E-state index in [-0.39, 0.29) is 12.4 Å². The Morgan fingerprint density at radius 2 is 1.53 bits per heavy atom. The SMILES string of the molecule is O=S(O)CCCNc1cc(CO)cc(Nc2c3ccccc3nc3ccccc23)c1. The lowest BCUT2D eigenvalue weighted by Gasteiger charge is -2.16. The molecule has 6 nitrogen and oxygen atoms in total. The predicted octanol–water partition coefficient (Wildman–Crippen LogP) is 4.65. The number of aliphatic hydroxyl groups is 1. The van der Waals surface area contributed by atoms with Crippen LogP contribution in [0.5, 0.6) is 0 Å². The molecule has 0 spiro atoms. The maximum atomic E-state index is 10.8. The fourth-order valence-electron chi connectivity index (χ4n) is 3.50. The van der Waals surface area contributed by atoms with E-state index in [1.54, 1.807) is 0 Å². The number of aromatic nitrogens is 1. The van der Waals surface area contributed by atoms with Crippen molar-refractivity contribution in [3.05, 3.63) is 72.3 Å². The molecule has 1 unspecified atom stereocenters. The van der Waals surface area contributed by atoms with Gasteiger partial charge in [0.25, 0.3) is 0 Å². The maximum Gasteiger partial charge on any atom is 0.152 e. The molecular weight excluding hydrogens is 398 g/mol. The zero-order valence-corrected chi connectivity index (χ0v) is 17.2. The molecule has 0 radical (unpaired) electrons. The number of hydrogen-bond acceptors (Lipinski definition) is 5. The first-order chi connectivity index (χ1) is 14.6. The molecule has 7 heteroatoms. The maximum absolute atomic E-state index is 10.8. The van der Waals surface area contributed by atoms with Crippen LogP contribution in [-0.2, 0) is 17.7 Å². The Kier molecular flexibility index (Phi) is 6.23. The Morgan fingerprint density at radius 1 is 0.900 bits per heavy atom. The van der Waals surface area contributed by atoms with E-state index in [2.05, 4.69) is 10.6 Å². The van der Waals surface area contributed by atoms with Crippen LogP contribution in [0.1, 0.15) is 12.0 Å². The van der Waals surface area contributed by atoms with E-state index in [1.165, 1.54) is 0 Å². The Labute approximate surface area is 177 Å². The lowest BCUT2D eigenvalue weighted by atomic mass is 10.1. The fourth-order valence-corrected chi connectivity index (χ4v) is 3.90. The van der Waals surface area contributed by atoms with Crippen molar-refractivity contribution < 1.29 is 13.9 Å². The highest BCUT2D eigenvalue weighted by Crippen LogP contribution is 2.34. The number of rotatable bonds is 8. The van der Waals surface area contributed by atoms with Gasteiger partial charge in [-0.3, -0.25) is 0 Å². The van der Waals surface area contributed by atoms with Crippen molar-refractivity contribution in [2.45, 2.75) is 13.0 Å². The first kappa shape index (κ1) is 20.3. The average Bonchev–Trinajstić information content (AvgIpc) is 2.76. The molecule has 0 amide bonds. The molecule has 0 bridgehead atoms. The number of nitrogens with zero attached hydrogens (tertiary/aromatic N) is 1. The smallest absolute Gasteiger partial charge is 0.152 e. The van der Waals surface area contributed by atoms with Crippen LogP contribution in [0, 0.1) is 0 Å². The van der Waals surface area contributed by atoms with E-state index in [9.17, 15) is 9.32 Å². The van der Waals surface area contributed by atoms with Crippen molar-refractivity contribution in [2.24, 2.45) is 0 Å². The van der Waals surface area contributed by atoms with Crippen molar-refractivity contribution in [1.29, 1.82) is 0 Å². The normalized spacial score (nSPS) is 12.2. The van der Waals surface area contributed by atoms with E-state index in [0.717, 1.165) is 44.4 Å². The first-order valence-corrected chi connectivity index (χ1v) is 11.0. The summed E-state index contributed by atoms with van der Waals surface area (Å²) in [6, 6.07) is 21.8. The highest BCUT2D eigenvalue weighted by atomic mass is 32.2. The summed E-state index contributed by atoms with van der Waals surface area (Å²) in [6.45, 7) is 0.491. The van der Waals surface area contributed by atoms with E-state index < -0.39 is 11.1 Å². The van der Waals surface area contributed by atoms with Crippen LogP contribution in [-0.4, -0.2) is 31.1 Å². The molecular formula is C23H23N3O3S. The molecule has 4 N–H and O–H groups in total. The quantitative estimate of drug-likeness (QED) is 0.188. The van der Waals surface area contributed by atoms with E-state index in [1.807, 2.05) is 66.7 Å². The average molecular weight is 422 g/mol. The van der Waals surface area contributed by atoms with Crippen LogP contribution in [0.15, 0.2) is 66.7 Å². The molecule has 0 saturated carbocycles. The van der Waals surface area contributed by atoms with Gasteiger partial charge in [-0.05, 0) is 42.3 Å². The van der Waals surface area contributed by atoms with E-state index >= 15 is 0 Å². The van der Waals surface area contributed by atoms with Gasteiger partial charge < -0.3 is 20.3 Å². The molecule has 30 heavy (non-hydrogen) atoms. The van der Waals surface area contributed by atoms with Gasteiger partial charge in [-0.15, -0.1) is 0 Å². The Hall–Kier alpha value is -3.00. The molecule has 3 aromatic carbocycles. The number of pyridine rings is 1. The summed E-state index contributed by atoms with van der Waals surface area (Å²) in [5.74, 6) is 0.229. The van der Waals surface area contributed by atoms with Gasteiger partial charge in [0.15, 0.2) is 11.1 Å². The fraction of sp³-hybridized carbons (Fsp3) is 0.174. The molecule has 1 aromatic heterocycles. The van der Waals surface area contributed by atoms with Gasteiger partial charge in [-0.2, -0.15) is 0 Å². The third-order valence-corrected chi connectivity index (χ3v) is 5.50. The van der Waals surface area contributed by atoms with Crippen molar-refractivity contribution in [3.63, 3.8) is 0 Å². The Bertz CT molecular complexity index is 1160. The van der Waals surface area contributed by atoms with Gasteiger partial charge in [0.05, 0.1) is 29.1 Å². The van der Waals surface area contributed by atoms with Gasteiger partial charge in [0.1, 0.15) is 0 Å². The number of hydrogen-bond donors (Lipinski definition) is 4. The third kappa shape index (κ3) is 4.59. The molecule has 4 rings (SSSR count). The molecule has 0 aliphatic heterocycles. The molecule has 0 fully saturated rings. The molecule has 154 valence electrons. The van der Waals surface area contributed by atoms with Gasteiger partial charge in [-0.25, -0.2) is 9.19 Å². The van der Waals surface area contributed by atoms with Crippen molar-refractivity contribution in [2.75, 3.05) is 22.9 Å². The van der Waals surface area contributed by atoms with E-state index in [0.29, 0.717) is 13.0 Å². The third-order valence-electron chi connectivity index (χ3n) is 4.86. The number of anilines is 3. The van der Waals surface area contributed by atoms with Crippen LogP contribution < -0.4 is 10.6 Å². The lowest BCUT2D eigenvalue weighted by Crippen LogP contribution is -2.07. The van der Waals surface area contributed by atoms with Crippen molar-refractivity contribution >= 4 is 49.9 Å². The Balaban J connectivity index is 1.70. The zero-order chi connectivity index (χ0) is 20.9. The highest BCUT2D eigenvalue weighted by Gasteiger charge is 2.10. The van der Waals surface area contributed by atoms with Crippen molar-refractivity contribution in [3.8, 4) is 0 Å². The molecule has 1 atom stereocenters. The summed E-state index contributed by atoms with van der Waals surface area (Å²) in [6.07, 6.45) is 0.578. The number of nitrogens with one attached hydrogen (secondary N) is 2. The van der Waals surface area contributed by atoms with Crippen LogP contribution >= 0.6 is 0 Å². The topological polar surface area (TPSA) is 94.5 Å². The van der Waals surface area contributed by atoms with Gasteiger partial charge in [-0.1, -0.05) is 36.4 Å².